The number of carboxylic acid groups (broad SMARTS) is 1. The van der Waals surface area contributed by atoms with Crippen molar-refractivity contribution in [2.24, 2.45) is 7.05 Å². The van der Waals surface area contributed by atoms with Gasteiger partial charge in [0.2, 0.25) is 0 Å². The number of hydrogen-bond acceptors (Lipinski definition) is 4. The molecule has 3 aromatic carbocycles. The Labute approximate surface area is 282 Å². The van der Waals surface area contributed by atoms with Crippen LogP contribution in [-0.2, 0) is 20.0 Å². The second kappa shape index (κ2) is 12.7. The molecular formula is C36H35Cl2FN4O4. The third-order valence-electron chi connectivity index (χ3n) is 8.98. The van der Waals surface area contributed by atoms with E-state index < -0.39 is 11.8 Å². The predicted molar refractivity (Wildman–Crippen MR) is 183 cm³/mol. The van der Waals surface area contributed by atoms with E-state index in [0.717, 1.165) is 61.9 Å². The molecule has 1 aliphatic rings. The number of aryl methyl sites for hydroxylation is 6. The summed E-state index contributed by atoms with van der Waals surface area (Å²) in [6.45, 7) is 8.96. The molecular weight excluding hydrogens is 642 g/mol. The molecule has 11 heteroatoms. The quantitative estimate of drug-likeness (QED) is 0.167. The summed E-state index contributed by atoms with van der Waals surface area (Å²) < 4.78 is 25.4. The number of aromatic carboxylic acids is 1. The zero-order valence-electron chi connectivity index (χ0n) is 26.9. The SMILES string of the molecule is Cc1cc(OCCCc2c3n(c4c(-c5c(C)nn(C)c5C)c(Cl)ccc24)CCCN(c2ccc(C(=O)O)cc2F)C3=O)cc(C)c1Cl. The Morgan fingerprint density at radius 3 is 2.38 bits per heavy atom. The van der Waals surface area contributed by atoms with Crippen LogP contribution in [0.1, 0.15) is 61.8 Å². The van der Waals surface area contributed by atoms with Crippen molar-refractivity contribution >= 4 is 51.7 Å². The molecule has 6 rings (SSSR count). The molecule has 0 spiro atoms. The Morgan fingerprint density at radius 2 is 1.74 bits per heavy atom. The molecule has 2 aromatic heterocycles. The number of carbonyl (C=O) groups excluding carboxylic acids is 1. The first-order chi connectivity index (χ1) is 22.4. The topological polar surface area (TPSA) is 89.6 Å². The maximum atomic E-state index is 15.4. The first kappa shape index (κ1) is 32.6. The van der Waals surface area contributed by atoms with Gasteiger partial charge in [-0.25, -0.2) is 9.18 Å². The molecule has 5 aromatic rings. The number of aromatic nitrogens is 3. The standard InChI is InChI=1S/C36H35Cl2FN4O4/c1-19-16-24(17-20(2)32(19)38)47-15-6-8-25-26-10-11-27(37)31(30-21(3)40-41(5)22(30)4)33(26)43-14-7-13-42(35(44)34(25)43)29-12-9-23(36(45)46)18-28(29)39/h9-12,16-18H,6-8,13-15H2,1-5H3,(H,45,46). The van der Waals surface area contributed by atoms with E-state index in [1.807, 2.05) is 68.3 Å². The largest absolute Gasteiger partial charge is 0.494 e. The molecule has 0 saturated heterocycles. The van der Waals surface area contributed by atoms with Gasteiger partial charge in [0, 0.05) is 47.4 Å². The first-order valence-electron chi connectivity index (χ1n) is 15.5. The van der Waals surface area contributed by atoms with Gasteiger partial charge >= 0.3 is 5.97 Å². The summed E-state index contributed by atoms with van der Waals surface area (Å²) in [5, 5.41) is 16.2. The van der Waals surface area contributed by atoms with Crippen molar-refractivity contribution in [3.8, 4) is 16.9 Å². The predicted octanol–water partition coefficient (Wildman–Crippen LogP) is 8.48. The number of rotatable bonds is 8. The molecule has 0 saturated carbocycles. The Morgan fingerprint density at radius 1 is 1.02 bits per heavy atom. The summed E-state index contributed by atoms with van der Waals surface area (Å²) in [6, 6.07) is 11.3. The molecule has 0 fully saturated rings. The molecule has 0 aliphatic carbocycles. The zero-order valence-corrected chi connectivity index (χ0v) is 28.4. The maximum absolute atomic E-state index is 15.4. The normalized spacial score (nSPS) is 13.3. The van der Waals surface area contributed by atoms with E-state index >= 15 is 4.39 Å². The summed E-state index contributed by atoms with van der Waals surface area (Å²) in [7, 11) is 1.89. The van der Waals surface area contributed by atoms with Crippen molar-refractivity contribution < 1.29 is 23.8 Å². The van der Waals surface area contributed by atoms with Crippen LogP contribution in [0.4, 0.5) is 10.1 Å². The number of nitrogens with zero attached hydrogens (tertiary/aromatic N) is 4. The number of amides is 1. The van der Waals surface area contributed by atoms with Crippen molar-refractivity contribution in [1.82, 2.24) is 14.3 Å². The van der Waals surface area contributed by atoms with Crippen LogP contribution < -0.4 is 9.64 Å². The van der Waals surface area contributed by atoms with Gasteiger partial charge in [-0.2, -0.15) is 5.10 Å². The highest BCUT2D eigenvalue weighted by Crippen LogP contribution is 2.43. The average molecular weight is 678 g/mol. The van der Waals surface area contributed by atoms with E-state index in [0.29, 0.717) is 48.2 Å². The van der Waals surface area contributed by atoms with Crippen molar-refractivity contribution in [2.75, 3.05) is 18.1 Å². The van der Waals surface area contributed by atoms with Crippen LogP contribution in [-0.4, -0.2) is 44.5 Å². The number of halogens is 3. The number of carbonyl (C=O) groups is 2. The van der Waals surface area contributed by atoms with Gasteiger partial charge in [0.25, 0.3) is 5.91 Å². The summed E-state index contributed by atoms with van der Waals surface area (Å²) in [5.41, 5.74) is 7.33. The number of anilines is 1. The molecule has 8 nitrogen and oxygen atoms in total. The minimum absolute atomic E-state index is 0.0404. The molecule has 0 radical (unpaired) electrons. The van der Waals surface area contributed by atoms with E-state index in [1.54, 1.807) is 0 Å². The monoisotopic (exact) mass is 676 g/mol. The minimum Gasteiger partial charge on any atom is -0.494 e. The third-order valence-corrected chi connectivity index (χ3v) is 9.89. The second-order valence-corrected chi connectivity index (χ2v) is 12.9. The summed E-state index contributed by atoms with van der Waals surface area (Å²) in [6.07, 6.45) is 1.65. The first-order valence-corrected chi connectivity index (χ1v) is 16.2. The number of benzene rings is 3. The lowest BCUT2D eigenvalue weighted by Crippen LogP contribution is -2.32. The van der Waals surface area contributed by atoms with Crippen LogP contribution in [0.3, 0.4) is 0 Å². The smallest absolute Gasteiger partial charge is 0.335 e. The van der Waals surface area contributed by atoms with Crippen LogP contribution in [0.25, 0.3) is 22.0 Å². The highest BCUT2D eigenvalue weighted by atomic mass is 35.5. The molecule has 3 heterocycles. The lowest BCUT2D eigenvalue weighted by molar-refractivity contribution is 0.0696. The second-order valence-electron chi connectivity index (χ2n) is 12.1. The van der Waals surface area contributed by atoms with Crippen molar-refractivity contribution in [3.63, 3.8) is 0 Å². The van der Waals surface area contributed by atoms with E-state index in [9.17, 15) is 14.7 Å². The van der Waals surface area contributed by atoms with Gasteiger partial charge in [-0.15, -0.1) is 0 Å². The molecule has 0 atom stereocenters. The Balaban J connectivity index is 1.47. The van der Waals surface area contributed by atoms with Gasteiger partial charge in [0.05, 0.1) is 34.1 Å². The van der Waals surface area contributed by atoms with Crippen molar-refractivity contribution in [2.45, 2.75) is 53.5 Å². The van der Waals surface area contributed by atoms with Crippen LogP contribution in [0, 0.1) is 33.5 Å². The van der Waals surface area contributed by atoms with Crippen LogP contribution in [0.15, 0.2) is 42.5 Å². The Hall–Kier alpha value is -4.34. The molecule has 47 heavy (non-hydrogen) atoms. The van der Waals surface area contributed by atoms with Crippen LogP contribution in [0.5, 0.6) is 5.75 Å². The lowest BCUT2D eigenvalue weighted by atomic mass is 9.98. The van der Waals surface area contributed by atoms with Gasteiger partial charge in [-0.3, -0.25) is 9.48 Å². The molecule has 1 amide bonds. The molecule has 244 valence electrons. The van der Waals surface area contributed by atoms with Gasteiger partial charge in [0.1, 0.15) is 17.3 Å². The third kappa shape index (κ3) is 5.76. The van der Waals surface area contributed by atoms with Crippen molar-refractivity contribution in [1.29, 1.82) is 0 Å². The Bertz CT molecular complexity index is 2060. The van der Waals surface area contributed by atoms with Gasteiger partial charge < -0.3 is 19.3 Å². The molecule has 0 bridgehead atoms. The Kier molecular flexibility index (Phi) is 8.80. The highest BCUT2D eigenvalue weighted by molar-refractivity contribution is 6.35. The van der Waals surface area contributed by atoms with Gasteiger partial charge in [-0.1, -0.05) is 29.3 Å². The molecule has 1 aliphatic heterocycles. The zero-order chi connectivity index (χ0) is 33.7. The number of carboxylic acids is 1. The fourth-order valence-electron chi connectivity index (χ4n) is 6.72. The average Bonchev–Trinajstić information content (AvgIpc) is 3.39. The maximum Gasteiger partial charge on any atom is 0.335 e. The lowest BCUT2D eigenvalue weighted by Gasteiger charge is -2.22. The fourth-order valence-corrected chi connectivity index (χ4v) is 7.08. The van der Waals surface area contributed by atoms with E-state index in [4.69, 9.17) is 27.9 Å². The fraction of sp³-hybridized carbons (Fsp3) is 0.306. The molecule has 0 unspecified atom stereocenters. The summed E-state index contributed by atoms with van der Waals surface area (Å²) in [5.74, 6) is -1.64. The number of fused-ring (bicyclic) bond motifs is 3. The van der Waals surface area contributed by atoms with Gasteiger partial charge in [-0.05, 0) is 100 Å². The number of ether oxygens (including phenoxy) is 1. The van der Waals surface area contributed by atoms with E-state index in [-0.39, 0.29) is 23.7 Å². The van der Waals surface area contributed by atoms with Crippen molar-refractivity contribution in [3.05, 3.63) is 97.7 Å². The number of hydrogen-bond donors (Lipinski definition) is 1. The molecule has 1 N–H and O–H groups in total. The highest BCUT2D eigenvalue weighted by Gasteiger charge is 2.33. The van der Waals surface area contributed by atoms with Crippen LogP contribution in [0.2, 0.25) is 10.0 Å². The minimum atomic E-state index is -1.24. The summed E-state index contributed by atoms with van der Waals surface area (Å²) in [4.78, 5) is 27.4. The van der Waals surface area contributed by atoms with Crippen LogP contribution >= 0.6 is 23.2 Å². The van der Waals surface area contributed by atoms with E-state index in [1.165, 1.54) is 17.0 Å². The summed E-state index contributed by atoms with van der Waals surface area (Å²) >= 11 is 13.3. The van der Waals surface area contributed by atoms with Gasteiger partial charge in [0.15, 0.2) is 0 Å². The van der Waals surface area contributed by atoms with E-state index in [2.05, 4.69) is 5.10 Å².